The minimum Gasteiger partial charge on any atom is -0.460 e. The number of rotatable bonds is 25. The number of likely N-dealkylation sites (tertiary alicyclic amines) is 1. The summed E-state index contributed by atoms with van der Waals surface area (Å²) in [5.74, 6) is -0.725. The lowest BCUT2D eigenvalue weighted by Gasteiger charge is -2.35. The standard InChI is InChI=1S/C60H80IN9O11S2/c1-35-34-82-52(36(35)2)42-16-14-40(15-17-42)31-64-55(74)46-29-44(80-49(73)13-12-22-63-58(76)81-60(9,10)11)32-69(46)56(75)53(59(6,7)8)66-48(72)33-79-28-27-78-26-25-77-24-23-62-47(71)30-45-54-68-67-39(5)70(54)57-50(37(3)38(4)83-57)51(65-45)41-18-20-43(61)21-19-41/h14-21,34,44-46,51,53,65H,12-13,22-33H2,1-11H3,(H,62,71)(H,63,76)(H,64,74)(H,66,72)/t44-,45?,46?,51?,53+/m1/s1. The molecule has 20 nitrogen and oxygen atoms in total. The monoisotopic (exact) mass is 1290 g/mol. The largest absolute Gasteiger partial charge is 0.460 e. The maximum atomic E-state index is 14.6. The van der Waals surface area contributed by atoms with E-state index in [4.69, 9.17) is 23.7 Å². The molecule has 2 aromatic carbocycles. The number of nitrogens with one attached hydrogen (secondary N) is 5. The van der Waals surface area contributed by atoms with Crippen molar-refractivity contribution in [3.63, 3.8) is 0 Å². The average Bonchev–Trinajstić information content (AvgIpc) is 4.17. The number of aryl methyl sites for hydroxylation is 3. The fourth-order valence-electron chi connectivity index (χ4n) is 9.78. The Balaban J connectivity index is 0.842. The molecule has 5 amide bonds. The summed E-state index contributed by atoms with van der Waals surface area (Å²) >= 11 is 5.70. The van der Waals surface area contributed by atoms with Gasteiger partial charge < -0.3 is 49.9 Å². The van der Waals surface area contributed by atoms with E-state index in [1.54, 1.807) is 43.4 Å². The lowest BCUT2D eigenvalue weighted by molar-refractivity contribution is -0.150. The molecule has 450 valence electrons. The van der Waals surface area contributed by atoms with E-state index in [-0.39, 0.29) is 96.9 Å². The zero-order chi connectivity index (χ0) is 60.2. The van der Waals surface area contributed by atoms with Crippen molar-refractivity contribution in [1.82, 2.24) is 46.2 Å². The van der Waals surface area contributed by atoms with Crippen molar-refractivity contribution in [3.05, 3.63) is 107 Å². The number of esters is 1. The first-order valence-electron chi connectivity index (χ1n) is 28.1. The second kappa shape index (κ2) is 29.3. The fraction of sp³-hybridized carbons (Fsp3) is 0.533. The number of alkyl carbamates (subject to hydrolysis) is 1. The molecule has 83 heavy (non-hydrogen) atoms. The molecule has 3 aromatic heterocycles. The summed E-state index contributed by atoms with van der Waals surface area (Å²) in [4.78, 5) is 84.4. The predicted molar refractivity (Wildman–Crippen MR) is 326 cm³/mol. The molecule has 5 aromatic rings. The number of halogens is 1. The van der Waals surface area contributed by atoms with Gasteiger partial charge in [0.1, 0.15) is 41.2 Å². The number of carbonyl (C=O) groups excluding carboxylic acids is 6. The maximum Gasteiger partial charge on any atom is 0.407 e. The molecule has 0 radical (unpaired) electrons. The maximum absolute atomic E-state index is 14.6. The first-order valence-corrected chi connectivity index (χ1v) is 30.9. The Kier molecular flexibility index (Phi) is 22.9. The van der Waals surface area contributed by atoms with Gasteiger partial charge in [0, 0.05) is 57.8 Å². The van der Waals surface area contributed by atoms with E-state index in [2.05, 4.69) is 121 Å². The van der Waals surface area contributed by atoms with Crippen molar-refractivity contribution in [3.8, 4) is 15.4 Å². The molecule has 2 aliphatic rings. The van der Waals surface area contributed by atoms with Crippen molar-refractivity contribution < 1.29 is 52.5 Å². The van der Waals surface area contributed by atoms with E-state index in [9.17, 15) is 28.8 Å². The highest BCUT2D eigenvalue weighted by Crippen LogP contribution is 2.43. The molecule has 2 aliphatic heterocycles. The van der Waals surface area contributed by atoms with Gasteiger partial charge in [0.25, 0.3) is 0 Å². The minimum absolute atomic E-state index is 0.0151. The Hall–Kier alpha value is -5.83. The van der Waals surface area contributed by atoms with Crippen LogP contribution in [0.1, 0.15) is 129 Å². The summed E-state index contributed by atoms with van der Waals surface area (Å²) in [6.45, 7) is 22.4. The molecule has 0 aliphatic carbocycles. The van der Waals surface area contributed by atoms with Gasteiger partial charge in [-0.15, -0.1) is 32.9 Å². The highest BCUT2D eigenvalue weighted by atomic mass is 127. The lowest BCUT2D eigenvalue weighted by atomic mass is 9.85. The van der Waals surface area contributed by atoms with E-state index in [0.717, 1.165) is 36.6 Å². The SMILES string of the molecule is Cc1csc(-c2ccc(CNC(=O)C3C[C@@H](OC(=O)CCCNC(=O)OC(C)(C)C)CN3C(=O)[C@H](NC(=O)COCCOCCOCCNC(=O)CC3NC(c4ccc(I)cc4)c4c(sc(C)c4C)-n4c(C)nnc43)C(C)(C)C)cc2)c1C. The lowest BCUT2D eigenvalue weighted by Crippen LogP contribution is -2.58. The van der Waals surface area contributed by atoms with Crippen molar-refractivity contribution in [2.75, 3.05) is 59.3 Å². The third-order valence-electron chi connectivity index (χ3n) is 14.3. The third-order valence-corrected chi connectivity index (χ3v) is 17.5. The first-order chi connectivity index (χ1) is 39.4. The Morgan fingerprint density at radius 1 is 0.807 bits per heavy atom. The fourth-order valence-corrected chi connectivity index (χ4v) is 12.5. The van der Waals surface area contributed by atoms with Crippen LogP contribution in [0.15, 0.2) is 53.9 Å². The van der Waals surface area contributed by atoms with Crippen LogP contribution in [0.2, 0.25) is 0 Å². The normalized spacial score (nSPS) is 17.2. The van der Waals surface area contributed by atoms with E-state index in [1.165, 1.54) is 31.3 Å². The molecule has 1 fully saturated rings. The van der Waals surface area contributed by atoms with Crippen LogP contribution in [-0.2, 0) is 54.2 Å². The Bertz CT molecular complexity index is 3060. The zero-order valence-electron chi connectivity index (χ0n) is 49.5. The van der Waals surface area contributed by atoms with Gasteiger partial charge in [-0.25, -0.2) is 4.79 Å². The van der Waals surface area contributed by atoms with E-state index in [1.807, 2.05) is 52.0 Å². The second-order valence-electron chi connectivity index (χ2n) is 23.0. The summed E-state index contributed by atoms with van der Waals surface area (Å²) < 4.78 is 31.3. The molecular weight excluding hydrogens is 1210 g/mol. The smallest absolute Gasteiger partial charge is 0.407 e. The molecule has 5 atom stereocenters. The van der Waals surface area contributed by atoms with E-state index in [0.29, 0.717) is 12.4 Å². The number of hydrogen-bond acceptors (Lipinski definition) is 16. The second-order valence-corrected chi connectivity index (χ2v) is 26.3. The van der Waals surface area contributed by atoms with E-state index < -0.39 is 65.0 Å². The van der Waals surface area contributed by atoms with Gasteiger partial charge in [-0.1, -0.05) is 57.2 Å². The van der Waals surface area contributed by atoms with Gasteiger partial charge in [-0.3, -0.25) is 33.9 Å². The molecule has 0 spiro atoms. The number of carbonyl (C=O) groups is 6. The quantitative estimate of drug-likeness (QED) is 0.0210. The summed E-state index contributed by atoms with van der Waals surface area (Å²) in [6.07, 6.45) is -0.942. The third kappa shape index (κ3) is 17.9. The summed E-state index contributed by atoms with van der Waals surface area (Å²) in [6, 6.07) is 13.7. The summed E-state index contributed by atoms with van der Waals surface area (Å²) in [5, 5.41) is 27.3. The van der Waals surface area contributed by atoms with Crippen molar-refractivity contribution in [2.45, 2.75) is 144 Å². The van der Waals surface area contributed by atoms with Gasteiger partial charge in [-0.05, 0) is 141 Å². The van der Waals surface area contributed by atoms with Crippen molar-refractivity contribution >= 4 is 81.0 Å². The molecular formula is C60H80IN9O11S2. The van der Waals surface area contributed by atoms with Gasteiger partial charge in [0.05, 0.1) is 51.7 Å². The number of nitrogens with zero attached hydrogens (tertiary/aromatic N) is 4. The number of benzene rings is 2. The summed E-state index contributed by atoms with van der Waals surface area (Å²) in [5.41, 5.74) is 6.40. The number of aromatic nitrogens is 3. The number of hydrogen-bond donors (Lipinski definition) is 5. The van der Waals surface area contributed by atoms with Crippen LogP contribution in [-0.4, -0.2) is 138 Å². The van der Waals surface area contributed by atoms with Crippen molar-refractivity contribution in [2.24, 2.45) is 5.41 Å². The Morgan fingerprint density at radius 3 is 2.16 bits per heavy atom. The molecule has 7 rings (SSSR count). The van der Waals surface area contributed by atoms with Crippen molar-refractivity contribution in [1.29, 1.82) is 0 Å². The minimum atomic E-state index is -1.07. The number of fused-ring (bicyclic) bond motifs is 3. The zero-order valence-corrected chi connectivity index (χ0v) is 53.2. The first kappa shape index (κ1) is 64.7. The van der Waals surface area contributed by atoms with E-state index >= 15 is 0 Å². The number of thiophene rings is 2. The van der Waals surface area contributed by atoms with Crippen LogP contribution < -0.4 is 26.6 Å². The molecule has 0 saturated carbocycles. The molecule has 0 bridgehead atoms. The summed E-state index contributed by atoms with van der Waals surface area (Å²) in [7, 11) is 0. The van der Waals surface area contributed by atoms with Crippen LogP contribution in [0.5, 0.6) is 0 Å². The molecule has 1 saturated heterocycles. The Labute approximate surface area is 508 Å². The van der Waals surface area contributed by atoms with Crippen LogP contribution in [0, 0.1) is 43.6 Å². The topological polar surface area (TPSA) is 243 Å². The van der Waals surface area contributed by atoms with Gasteiger partial charge in [-0.2, -0.15) is 0 Å². The van der Waals surface area contributed by atoms with Crippen LogP contribution in [0.4, 0.5) is 4.79 Å². The Morgan fingerprint density at radius 2 is 1.49 bits per heavy atom. The molecule has 5 N–H and O–H groups in total. The van der Waals surface area contributed by atoms with Gasteiger partial charge in [0.15, 0.2) is 5.82 Å². The van der Waals surface area contributed by atoms with Crippen LogP contribution >= 0.6 is 45.3 Å². The molecule has 3 unspecified atom stereocenters. The molecule has 23 heteroatoms. The number of amides is 5. The predicted octanol–water partition coefficient (Wildman–Crippen LogP) is 8.16. The highest BCUT2D eigenvalue weighted by Gasteiger charge is 2.46. The van der Waals surface area contributed by atoms with Gasteiger partial charge >= 0.3 is 12.1 Å². The number of ether oxygens (including phenoxy) is 5. The van der Waals surface area contributed by atoms with Gasteiger partial charge in [0.2, 0.25) is 23.6 Å². The van der Waals surface area contributed by atoms with Crippen LogP contribution in [0.3, 0.4) is 0 Å². The average molecular weight is 1290 g/mol. The van der Waals surface area contributed by atoms with Crippen LogP contribution in [0.25, 0.3) is 15.4 Å². The molecule has 5 heterocycles. The highest BCUT2D eigenvalue weighted by molar-refractivity contribution is 14.1.